The largest absolute Gasteiger partial charge is 0.490 e. The molecule has 3 heterocycles. The van der Waals surface area contributed by atoms with Gasteiger partial charge in [-0.25, -0.2) is 14.6 Å². The second kappa shape index (κ2) is 17.4. The van der Waals surface area contributed by atoms with Crippen LogP contribution in [0.5, 0.6) is 5.75 Å². The minimum absolute atomic E-state index is 0.156. The maximum absolute atomic E-state index is 12.9. The van der Waals surface area contributed by atoms with E-state index in [1.807, 2.05) is 31.2 Å². The topological polar surface area (TPSA) is 211 Å². The van der Waals surface area contributed by atoms with Crippen LogP contribution in [0.25, 0.3) is 17.0 Å². The smallest absolute Gasteiger partial charge is 0.490 e. The van der Waals surface area contributed by atoms with E-state index in [1.165, 1.54) is 6.08 Å². The molecule has 1 aliphatic heterocycles. The number of likely N-dealkylation sites (N-methyl/N-ethyl adjacent to an activating group) is 1. The first-order valence-corrected chi connectivity index (χ1v) is 15.7. The van der Waals surface area contributed by atoms with E-state index in [9.17, 15) is 35.9 Å². The molecule has 1 aliphatic carbocycles. The normalized spacial score (nSPS) is 18.9. The molecule has 1 fully saturated rings. The average molecular weight is 746 g/mol. The minimum Gasteiger partial charge on any atom is -0.490 e. The number of carbonyl (C=O) groups is 4. The summed E-state index contributed by atoms with van der Waals surface area (Å²) in [5, 5.41) is 18.0. The van der Waals surface area contributed by atoms with Crippen molar-refractivity contribution in [2.45, 2.75) is 82.5 Å². The van der Waals surface area contributed by atoms with Crippen LogP contribution in [0.1, 0.15) is 54.6 Å². The Balaban J connectivity index is 0.000000441. The zero-order valence-corrected chi connectivity index (χ0v) is 27.9. The molecule has 1 saturated carbocycles. The lowest BCUT2D eigenvalue weighted by Gasteiger charge is -2.27. The number of pyridine rings is 1. The number of aromatic nitrogens is 1. The zero-order chi connectivity index (χ0) is 39.0. The predicted molar refractivity (Wildman–Crippen MR) is 174 cm³/mol. The quantitative estimate of drug-likeness (QED) is 0.169. The van der Waals surface area contributed by atoms with Gasteiger partial charge in [0.1, 0.15) is 22.9 Å². The van der Waals surface area contributed by atoms with Crippen molar-refractivity contribution in [1.29, 1.82) is 0 Å². The number of amides is 2. The van der Waals surface area contributed by atoms with E-state index in [0.717, 1.165) is 64.9 Å². The number of alkyl halides is 6. The second-order valence-corrected chi connectivity index (χ2v) is 12.0. The number of carboxylic acids is 2. The number of hydrogen-bond donors (Lipinski definition) is 5. The number of carbonyl (C=O) groups excluding carboxylic acids is 2. The zero-order valence-electron chi connectivity index (χ0n) is 27.9. The molecule has 52 heavy (non-hydrogen) atoms. The maximum atomic E-state index is 12.9. The minimum atomic E-state index is -5.08. The third-order valence-electron chi connectivity index (χ3n) is 7.98. The molecule has 0 radical (unpaired) electrons. The number of furan rings is 1. The lowest BCUT2D eigenvalue weighted by atomic mass is 9.93. The SMILES string of the molecule is Cc1c(CN(C)C(=O)/C=C/c2cnc3c(c2)CC[C@H](N)C(=O)N3)oc2cccc(OC3CCC(N)CC3)c12.O=C(O)C(F)(F)F.O=C(O)C(F)(F)F. The third-order valence-corrected chi connectivity index (χ3v) is 7.98. The van der Waals surface area contributed by atoms with Gasteiger partial charge in [-0.05, 0) is 80.9 Å². The molecule has 1 aromatic carbocycles. The van der Waals surface area contributed by atoms with Gasteiger partial charge in [0.15, 0.2) is 0 Å². The highest BCUT2D eigenvalue weighted by molar-refractivity contribution is 5.95. The van der Waals surface area contributed by atoms with Gasteiger partial charge >= 0.3 is 24.3 Å². The van der Waals surface area contributed by atoms with Gasteiger partial charge in [0.2, 0.25) is 11.8 Å². The van der Waals surface area contributed by atoms with E-state index in [0.29, 0.717) is 25.2 Å². The number of hydrogen-bond acceptors (Lipinski definition) is 9. The van der Waals surface area contributed by atoms with Gasteiger partial charge in [-0.3, -0.25) is 9.59 Å². The molecule has 0 spiro atoms. The number of halogens is 6. The van der Waals surface area contributed by atoms with Crippen LogP contribution in [-0.4, -0.2) is 81.4 Å². The summed E-state index contributed by atoms with van der Waals surface area (Å²) in [6.45, 7) is 2.33. The number of carboxylic acid groups (broad SMARTS) is 2. The lowest BCUT2D eigenvalue weighted by Crippen LogP contribution is -2.34. The Bertz CT molecular complexity index is 1760. The van der Waals surface area contributed by atoms with Gasteiger partial charge in [0, 0.05) is 30.9 Å². The molecule has 0 bridgehead atoms. The maximum Gasteiger partial charge on any atom is 0.490 e. The number of nitrogens with zero attached hydrogens (tertiary/aromatic N) is 2. The van der Waals surface area contributed by atoms with E-state index < -0.39 is 30.3 Å². The summed E-state index contributed by atoms with van der Waals surface area (Å²) < 4.78 is 76.0. The van der Waals surface area contributed by atoms with Gasteiger partial charge < -0.3 is 41.1 Å². The number of aryl methyl sites for hydroxylation is 2. The second-order valence-electron chi connectivity index (χ2n) is 12.0. The molecule has 3 aromatic rings. The number of aliphatic carboxylic acids is 2. The van der Waals surface area contributed by atoms with Gasteiger partial charge in [0.25, 0.3) is 0 Å². The van der Waals surface area contributed by atoms with Crippen molar-refractivity contribution in [3.05, 3.63) is 59.0 Å². The molecule has 19 heteroatoms. The summed E-state index contributed by atoms with van der Waals surface area (Å²) in [5.41, 5.74) is 15.3. The number of rotatable bonds is 6. The van der Waals surface area contributed by atoms with Crippen molar-refractivity contribution in [3.63, 3.8) is 0 Å². The molecular formula is C33H37F6N5O8. The predicted octanol–water partition coefficient (Wildman–Crippen LogP) is 4.94. The fraction of sp³-hybridized carbons (Fsp3) is 0.424. The van der Waals surface area contributed by atoms with E-state index in [2.05, 4.69) is 10.3 Å². The number of benzene rings is 1. The van der Waals surface area contributed by atoms with Crippen molar-refractivity contribution >= 4 is 46.6 Å². The number of nitrogens with two attached hydrogens (primary N) is 2. The summed E-state index contributed by atoms with van der Waals surface area (Å²) in [5.74, 6) is -3.83. The van der Waals surface area contributed by atoms with E-state index >= 15 is 0 Å². The monoisotopic (exact) mass is 745 g/mol. The first kappa shape index (κ1) is 41.3. The number of anilines is 1. The molecule has 0 unspecified atom stereocenters. The molecule has 13 nitrogen and oxygen atoms in total. The first-order chi connectivity index (χ1) is 24.2. The Kier molecular flexibility index (Phi) is 13.8. The van der Waals surface area contributed by atoms with E-state index in [1.54, 1.807) is 24.2 Å². The molecule has 2 aromatic heterocycles. The van der Waals surface area contributed by atoms with Gasteiger partial charge in [-0.15, -0.1) is 0 Å². The van der Waals surface area contributed by atoms with E-state index in [4.69, 9.17) is 40.4 Å². The van der Waals surface area contributed by atoms with Crippen molar-refractivity contribution in [2.75, 3.05) is 12.4 Å². The Labute approximate surface area is 292 Å². The van der Waals surface area contributed by atoms with Crippen molar-refractivity contribution < 1.29 is 64.9 Å². The van der Waals surface area contributed by atoms with Gasteiger partial charge in [-0.1, -0.05) is 6.07 Å². The molecule has 5 rings (SSSR count). The van der Waals surface area contributed by atoms with Crippen LogP contribution in [0.2, 0.25) is 0 Å². The Morgan fingerprint density at radius 1 is 1.04 bits per heavy atom. The van der Waals surface area contributed by atoms with Crippen LogP contribution < -0.4 is 21.5 Å². The Hall–Kier alpha value is -5.17. The molecule has 1 atom stereocenters. The lowest BCUT2D eigenvalue weighted by molar-refractivity contribution is -0.193. The van der Waals surface area contributed by atoms with Crippen molar-refractivity contribution in [1.82, 2.24) is 9.88 Å². The van der Waals surface area contributed by atoms with Gasteiger partial charge in [-0.2, -0.15) is 26.3 Å². The van der Waals surface area contributed by atoms with Crippen molar-refractivity contribution in [3.8, 4) is 5.75 Å². The fourth-order valence-corrected chi connectivity index (χ4v) is 5.11. The number of nitrogens with one attached hydrogen (secondary N) is 1. The van der Waals surface area contributed by atoms with Crippen LogP contribution in [-0.2, 0) is 32.1 Å². The molecule has 2 amide bonds. The van der Waals surface area contributed by atoms with Crippen molar-refractivity contribution in [2.24, 2.45) is 11.5 Å². The highest BCUT2D eigenvalue weighted by atomic mass is 19.4. The summed E-state index contributed by atoms with van der Waals surface area (Å²) in [6, 6.07) is 7.49. The molecular weight excluding hydrogens is 708 g/mol. The third kappa shape index (κ3) is 11.7. The van der Waals surface area contributed by atoms with E-state index in [-0.39, 0.29) is 24.0 Å². The number of ether oxygens (including phenoxy) is 1. The highest BCUT2D eigenvalue weighted by Crippen LogP contribution is 2.35. The van der Waals surface area contributed by atoms with Crippen LogP contribution in [0, 0.1) is 6.92 Å². The summed E-state index contributed by atoms with van der Waals surface area (Å²) in [6.07, 6.45) is -0.0905. The Morgan fingerprint density at radius 2 is 1.63 bits per heavy atom. The first-order valence-electron chi connectivity index (χ1n) is 15.7. The summed E-state index contributed by atoms with van der Waals surface area (Å²) >= 11 is 0. The molecule has 284 valence electrons. The molecule has 7 N–H and O–H groups in total. The number of fused-ring (bicyclic) bond motifs is 2. The van der Waals surface area contributed by atoms with Crippen LogP contribution >= 0.6 is 0 Å². The van der Waals surface area contributed by atoms with Crippen LogP contribution in [0.15, 0.2) is 41.0 Å². The Morgan fingerprint density at radius 3 is 2.21 bits per heavy atom. The fourth-order valence-electron chi connectivity index (χ4n) is 5.11. The molecule has 2 aliphatic rings. The average Bonchev–Trinajstić information content (AvgIpc) is 3.30. The van der Waals surface area contributed by atoms with Gasteiger partial charge in [0.05, 0.1) is 24.1 Å². The van der Waals surface area contributed by atoms with Crippen LogP contribution in [0.3, 0.4) is 0 Å². The summed E-state index contributed by atoms with van der Waals surface area (Å²) in [7, 11) is 1.74. The van der Waals surface area contributed by atoms with Crippen LogP contribution in [0.4, 0.5) is 32.2 Å². The molecule has 0 saturated heterocycles. The standard InChI is InChI=1S/C29H35N5O4.2C2HF3O2/c1-17-25(38-24-5-3-4-23(27(17)24)37-21-10-8-20(30)9-11-21)16-34(2)26(35)13-6-18-14-19-7-12-22(31)29(36)33-28(19)32-15-18;2*3-2(4,5)1(6)7/h3-6,13-15,20-22H,7-12,16,30-31H2,1-2H3,(H,32,33,36);2*(H,6,7)/b13-6+;;/t20?,21?,22-;;/m0../s1. The highest BCUT2D eigenvalue weighted by Gasteiger charge is 2.39. The summed E-state index contributed by atoms with van der Waals surface area (Å²) in [4.78, 5) is 48.6.